The Morgan fingerprint density at radius 2 is 1.64 bits per heavy atom. The topological polar surface area (TPSA) is 159 Å². The van der Waals surface area contributed by atoms with E-state index in [1.165, 1.54) is 26.2 Å². The van der Waals surface area contributed by atoms with E-state index in [1.54, 1.807) is 12.1 Å². The molecule has 1 heterocycles. The van der Waals surface area contributed by atoms with Crippen molar-refractivity contribution in [3.05, 3.63) is 57.6 Å². The van der Waals surface area contributed by atoms with Crippen LogP contribution in [-0.4, -0.2) is 49.5 Å². The average Bonchev–Trinajstić information content (AvgIpc) is 3.38. The maximum absolute atomic E-state index is 14.5. The molecule has 0 saturated heterocycles. The van der Waals surface area contributed by atoms with Crippen LogP contribution in [-0.2, 0) is 4.79 Å². The molecule has 1 atom stereocenters. The Morgan fingerprint density at radius 3 is 2.19 bits per heavy atom. The van der Waals surface area contributed by atoms with Crippen molar-refractivity contribution >= 4 is 40.6 Å². The molecular weight excluding hydrogens is 558 g/mol. The van der Waals surface area contributed by atoms with Crippen molar-refractivity contribution in [3.8, 4) is 17.2 Å². The number of aryl methyl sites for hydroxylation is 2. The van der Waals surface area contributed by atoms with Crippen molar-refractivity contribution in [3.63, 3.8) is 0 Å². The van der Waals surface area contributed by atoms with Gasteiger partial charge in [0.1, 0.15) is 10.9 Å². The molecule has 224 valence electrons. The molecule has 1 saturated carbocycles. The van der Waals surface area contributed by atoms with E-state index in [1.807, 2.05) is 32.0 Å². The standard InChI is InChI=1S/C30H37N5O6S/c1-16-11-12-17(2)20(13-16)35(30(38)27-23(31)24(28(32)36)34-42-27)25(29(37)33-19-9-7-6-8-10-19)18-14-21(39-3)26(41-5)22(15-18)40-4/h11-15,19,25H,6-10,31H2,1-5H3,(H2,32,36)(H,33,37)/t25-/m0/s1. The molecule has 3 amide bonds. The van der Waals surface area contributed by atoms with Crippen LogP contribution in [0.1, 0.15) is 75.0 Å². The fourth-order valence-electron chi connectivity index (χ4n) is 5.29. The summed E-state index contributed by atoms with van der Waals surface area (Å²) in [5, 5.41) is 3.19. The smallest absolute Gasteiger partial charge is 0.273 e. The van der Waals surface area contributed by atoms with E-state index in [9.17, 15) is 14.4 Å². The van der Waals surface area contributed by atoms with Gasteiger partial charge in [-0.15, -0.1) is 0 Å². The van der Waals surface area contributed by atoms with Gasteiger partial charge >= 0.3 is 0 Å². The molecule has 3 aromatic rings. The first-order valence-electron chi connectivity index (χ1n) is 13.7. The van der Waals surface area contributed by atoms with E-state index in [0.717, 1.165) is 54.8 Å². The normalized spacial score (nSPS) is 14.1. The molecular formula is C30H37N5O6S. The van der Waals surface area contributed by atoms with Crippen LogP contribution in [0, 0.1) is 13.8 Å². The van der Waals surface area contributed by atoms with E-state index in [4.69, 9.17) is 25.7 Å². The Balaban J connectivity index is 1.98. The van der Waals surface area contributed by atoms with E-state index >= 15 is 0 Å². The zero-order valence-electron chi connectivity index (χ0n) is 24.5. The summed E-state index contributed by atoms with van der Waals surface area (Å²) in [7, 11) is 4.45. The van der Waals surface area contributed by atoms with Gasteiger partial charge in [-0.25, -0.2) is 0 Å². The lowest BCUT2D eigenvalue weighted by Gasteiger charge is -2.34. The van der Waals surface area contributed by atoms with Gasteiger partial charge in [-0.3, -0.25) is 19.3 Å². The van der Waals surface area contributed by atoms with Crippen molar-refractivity contribution < 1.29 is 28.6 Å². The van der Waals surface area contributed by atoms with Crippen molar-refractivity contribution in [1.29, 1.82) is 0 Å². The molecule has 0 radical (unpaired) electrons. The third-order valence-corrected chi connectivity index (χ3v) is 8.31. The van der Waals surface area contributed by atoms with Gasteiger partial charge in [-0.2, -0.15) is 4.37 Å². The molecule has 1 aliphatic carbocycles. The summed E-state index contributed by atoms with van der Waals surface area (Å²) in [6, 6.07) is 7.71. The number of primary amides is 1. The molecule has 4 rings (SSSR count). The molecule has 1 aromatic heterocycles. The van der Waals surface area contributed by atoms with Crippen molar-refractivity contribution in [2.24, 2.45) is 5.73 Å². The lowest BCUT2D eigenvalue weighted by Crippen LogP contribution is -2.47. The fourth-order valence-corrected chi connectivity index (χ4v) is 6.03. The first-order chi connectivity index (χ1) is 20.1. The number of hydrogen-bond acceptors (Lipinski definition) is 9. The lowest BCUT2D eigenvalue weighted by molar-refractivity contribution is -0.123. The SMILES string of the molecule is COc1cc([C@@H](C(=O)NC2CCCCC2)N(C(=O)c2snc(C(N)=O)c2N)c2cc(C)ccc2C)cc(OC)c1OC. The second kappa shape index (κ2) is 13.1. The predicted octanol–water partition coefficient (Wildman–Crippen LogP) is 4.30. The number of aromatic nitrogens is 1. The Morgan fingerprint density at radius 1 is 1.00 bits per heavy atom. The van der Waals surface area contributed by atoms with Crippen LogP contribution in [0.2, 0.25) is 0 Å². The van der Waals surface area contributed by atoms with Gasteiger partial charge in [0.2, 0.25) is 11.7 Å². The summed E-state index contributed by atoms with van der Waals surface area (Å²) >= 11 is 0.759. The maximum atomic E-state index is 14.5. The minimum Gasteiger partial charge on any atom is -0.493 e. The fraction of sp³-hybridized carbons (Fsp3) is 0.400. The third-order valence-electron chi connectivity index (χ3n) is 7.46. The second-order valence-electron chi connectivity index (χ2n) is 10.3. The molecule has 1 aliphatic rings. The first kappa shape index (κ1) is 30.6. The van der Waals surface area contributed by atoms with Crippen LogP contribution in [0.4, 0.5) is 11.4 Å². The average molecular weight is 596 g/mol. The number of nitrogens with two attached hydrogens (primary N) is 2. The number of hydrogen-bond donors (Lipinski definition) is 3. The first-order valence-corrected chi connectivity index (χ1v) is 14.4. The Labute approximate surface area is 249 Å². The Bertz CT molecular complexity index is 1460. The largest absolute Gasteiger partial charge is 0.493 e. The number of carbonyl (C=O) groups excluding carboxylic acids is 3. The highest BCUT2D eigenvalue weighted by atomic mass is 32.1. The number of benzene rings is 2. The Hall–Kier alpha value is -4.32. The van der Waals surface area contributed by atoms with Gasteiger partial charge in [0.05, 0.1) is 27.0 Å². The number of carbonyl (C=O) groups is 3. The zero-order valence-corrected chi connectivity index (χ0v) is 25.3. The molecule has 0 spiro atoms. The van der Waals surface area contributed by atoms with Crippen LogP contribution in [0.3, 0.4) is 0 Å². The molecule has 2 aromatic carbocycles. The summed E-state index contributed by atoms with van der Waals surface area (Å²) < 4.78 is 20.8. The molecule has 42 heavy (non-hydrogen) atoms. The van der Waals surface area contributed by atoms with Crippen molar-refractivity contribution in [2.45, 2.75) is 58.0 Å². The highest BCUT2D eigenvalue weighted by molar-refractivity contribution is 7.09. The van der Waals surface area contributed by atoms with E-state index in [-0.39, 0.29) is 28.2 Å². The van der Waals surface area contributed by atoms with Crippen LogP contribution in [0.25, 0.3) is 0 Å². The van der Waals surface area contributed by atoms with Gasteiger partial charge in [0, 0.05) is 11.7 Å². The van der Waals surface area contributed by atoms with Crippen molar-refractivity contribution in [2.75, 3.05) is 32.0 Å². The number of amides is 3. The lowest BCUT2D eigenvalue weighted by atomic mass is 9.94. The number of methoxy groups -OCH3 is 3. The van der Waals surface area contributed by atoms with Crippen molar-refractivity contribution in [1.82, 2.24) is 9.69 Å². The minimum absolute atomic E-state index is 0.00684. The van der Waals surface area contributed by atoms with Gasteiger partial charge in [-0.05, 0) is 73.1 Å². The van der Waals surface area contributed by atoms with Gasteiger partial charge in [-0.1, -0.05) is 31.4 Å². The number of rotatable bonds is 10. The van der Waals surface area contributed by atoms with Crippen LogP contribution < -0.4 is 35.9 Å². The highest BCUT2D eigenvalue weighted by Crippen LogP contribution is 2.43. The summed E-state index contributed by atoms with van der Waals surface area (Å²) in [6.07, 6.45) is 4.81. The van der Waals surface area contributed by atoms with Gasteiger partial charge in [0.25, 0.3) is 11.8 Å². The van der Waals surface area contributed by atoms with Gasteiger partial charge in [0.15, 0.2) is 17.2 Å². The summed E-state index contributed by atoms with van der Waals surface area (Å²) in [5.74, 6) is -0.852. The maximum Gasteiger partial charge on any atom is 0.273 e. The minimum atomic E-state index is -1.19. The molecule has 1 fully saturated rings. The number of nitrogen functional groups attached to an aromatic ring is 1. The Kier molecular flexibility index (Phi) is 9.56. The van der Waals surface area contributed by atoms with E-state index < -0.39 is 17.9 Å². The van der Waals surface area contributed by atoms with E-state index in [0.29, 0.717) is 28.5 Å². The summed E-state index contributed by atoms with van der Waals surface area (Å²) in [4.78, 5) is 42.2. The predicted molar refractivity (Wildman–Crippen MR) is 162 cm³/mol. The van der Waals surface area contributed by atoms with Gasteiger partial charge < -0.3 is 31.0 Å². The van der Waals surface area contributed by atoms with Crippen LogP contribution >= 0.6 is 11.5 Å². The van der Waals surface area contributed by atoms with Crippen LogP contribution in [0.15, 0.2) is 30.3 Å². The third kappa shape index (κ3) is 6.13. The highest BCUT2D eigenvalue weighted by Gasteiger charge is 2.38. The number of ether oxygens (including phenoxy) is 3. The molecule has 0 unspecified atom stereocenters. The van der Waals surface area contributed by atoms with E-state index in [2.05, 4.69) is 9.69 Å². The zero-order chi connectivity index (χ0) is 30.6. The quantitative estimate of drug-likeness (QED) is 0.313. The monoisotopic (exact) mass is 595 g/mol. The number of anilines is 2. The number of nitrogens with one attached hydrogen (secondary N) is 1. The summed E-state index contributed by atoms with van der Waals surface area (Å²) in [6.45, 7) is 3.75. The molecule has 11 nitrogen and oxygen atoms in total. The number of nitrogens with zero attached hydrogens (tertiary/aromatic N) is 2. The van der Waals surface area contributed by atoms with Crippen LogP contribution in [0.5, 0.6) is 17.2 Å². The molecule has 12 heteroatoms. The summed E-state index contributed by atoms with van der Waals surface area (Å²) in [5.41, 5.74) is 13.9. The molecule has 0 aliphatic heterocycles. The molecule has 0 bridgehead atoms. The molecule has 5 N–H and O–H groups in total. The second-order valence-corrected chi connectivity index (χ2v) is 11.1.